The van der Waals surface area contributed by atoms with Gasteiger partial charge in [0.15, 0.2) is 8.32 Å². The van der Waals surface area contributed by atoms with E-state index in [1.54, 1.807) is 0 Å². The summed E-state index contributed by atoms with van der Waals surface area (Å²) >= 11 is 0. The summed E-state index contributed by atoms with van der Waals surface area (Å²) in [6.07, 6.45) is 0.425. The highest BCUT2D eigenvalue weighted by Gasteiger charge is 2.38. The van der Waals surface area contributed by atoms with Crippen LogP contribution in [0.3, 0.4) is 0 Å². The van der Waals surface area contributed by atoms with E-state index in [0.717, 1.165) is 6.07 Å². The van der Waals surface area contributed by atoms with E-state index in [0.29, 0.717) is 12.0 Å². The van der Waals surface area contributed by atoms with Crippen molar-refractivity contribution in [2.75, 3.05) is 0 Å². The normalized spacial score (nSPS) is 12.9. The van der Waals surface area contributed by atoms with Gasteiger partial charge in [0.05, 0.1) is 0 Å². The summed E-state index contributed by atoms with van der Waals surface area (Å²) in [6, 6.07) is 3.59. The van der Waals surface area contributed by atoms with Crippen molar-refractivity contribution in [3.8, 4) is 0 Å². The predicted molar refractivity (Wildman–Crippen MR) is 63.8 cm³/mol. The van der Waals surface area contributed by atoms with Crippen molar-refractivity contribution in [1.82, 2.24) is 0 Å². The molecule has 0 aliphatic carbocycles. The van der Waals surface area contributed by atoms with Gasteiger partial charge in [0.1, 0.15) is 11.6 Å². The zero-order valence-electron chi connectivity index (χ0n) is 10.1. The molecule has 0 atom stereocenters. The van der Waals surface area contributed by atoms with Crippen LogP contribution in [-0.4, -0.2) is 13.1 Å². The lowest BCUT2D eigenvalue weighted by atomic mass is 10.0. The zero-order chi connectivity index (χ0) is 12.6. The molecule has 0 bridgehead atoms. The molecular formula is C12H18F2OSi. The Balaban J connectivity index is 2.97. The summed E-state index contributed by atoms with van der Waals surface area (Å²) in [7, 11) is -2.36. The van der Waals surface area contributed by atoms with Crippen molar-refractivity contribution < 1.29 is 13.6 Å². The maximum Gasteiger partial charge on any atom is 0.188 e. The molecule has 0 heterocycles. The summed E-state index contributed by atoms with van der Waals surface area (Å²) < 4.78 is 26.2. The van der Waals surface area contributed by atoms with Gasteiger partial charge in [0.2, 0.25) is 0 Å². The topological polar surface area (TPSA) is 20.2 Å². The Morgan fingerprint density at radius 3 is 2.25 bits per heavy atom. The van der Waals surface area contributed by atoms with Gasteiger partial charge in [-0.1, -0.05) is 19.9 Å². The standard InChI is InChI=1S/C12H18F2OSi/c1-12(2,16(3,4)15)8-9-5-6-10(13)7-11(9)14/h5-7,15H,8H2,1-4H3. The number of benzene rings is 1. The van der Waals surface area contributed by atoms with Crippen LogP contribution in [0.15, 0.2) is 18.2 Å². The van der Waals surface area contributed by atoms with Gasteiger partial charge in [-0.3, -0.25) is 0 Å². The maximum atomic E-state index is 13.5. The molecule has 0 radical (unpaired) electrons. The average molecular weight is 244 g/mol. The van der Waals surface area contributed by atoms with Crippen LogP contribution in [0.5, 0.6) is 0 Å². The fraction of sp³-hybridized carbons (Fsp3) is 0.500. The van der Waals surface area contributed by atoms with Crippen molar-refractivity contribution in [2.24, 2.45) is 0 Å². The molecule has 1 nitrogen and oxygen atoms in total. The molecule has 1 rings (SSSR count). The number of hydrogen-bond donors (Lipinski definition) is 1. The monoisotopic (exact) mass is 244 g/mol. The zero-order valence-corrected chi connectivity index (χ0v) is 11.1. The quantitative estimate of drug-likeness (QED) is 0.807. The van der Waals surface area contributed by atoms with Gasteiger partial charge >= 0.3 is 0 Å². The fourth-order valence-corrected chi connectivity index (χ4v) is 1.98. The molecule has 0 saturated heterocycles. The molecule has 0 fully saturated rings. The predicted octanol–water partition coefficient (Wildman–Crippen LogP) is 3.48. The van der Waals surface area contributed by atoms with Crippen molar-refractivity contribution in [3.63, 3.8) is 0 Å². The van der Waals surface area contributed by atoms with Gasteiger partial charge in [-0.15, -0.1) is 0 Å². The van der Waals surface area contributed by atoms with Crippen molar-refractivity contribution in [3.05, 3.63) is 35.4 Å². The Morgan fingerprint density at radius 1 is 1.25 bits per heavy atom. The summed E-state index contributed by atoms with van der Waals surface area (Å²) in [5.74, 6) is -1.11. The largest absolute Gasteiger partial charge is 0.432 e. The molecule has 4 heteroatoms. The molecule has 0 aliphatic heterocycles. The Morgan fingerprint density at radius 2 is 1.81 bits per heavy atom. The van der Waals surface area contributed by atoms with Gasteiger partial charge in [-0.05, 0) is 36.2 Å². The second-order valence-corrected chi connectivity index (χ2v) is 9.83. The van der Waals surface area contributed by atoms with Crippen LogP contribution in [-0.2, 0) is 6.42 Å². The number of hydrogen-bond acceptors (Lipinski definition) is 1. The van der Waals surface area contributed by atoms with E-state index >= 15 is 0 Å². The molecule has 1 N–H and O–H groups in total. The first-order valence-electron chi connectivity index (χ1n) is 5.30. The minimum atomic E-state index is -2.36. The van der Waals surface area contributed by atoms with Gasteiger partial charge in [0.25, 0.3) is 0 Å². The summed E-state index contributed by atoms with van der Waals surface area (Å²) in [4.78, 5) is 10.1. The maximum absolute atomic E-state index is 13.5. The molecule has 0 amide bonds. The lowest BCUT2D eigenvalue weighted by molar-refractivity contribution is 0.461. The van der Waals surface area contributed by atoms with Crippen LogP contribution in [0.1, 0.15) is 19.4 Å². The Hall–Kier alpha value is -0.743. The Bertz CT molecular complexity index is 383. The van der Waals surface area contributed by atoms with Crippen LogP contribution in [0.4, 0.5) is 8.78 Å². The number of halogens is 2. The molecule has 16 heavy (non-hydrogen) atoms. The highest BCUT2D eigenvalue weighted by Crippen LogP contribution is 2.39. The minimum Gasteiger partial charge on any atom is -0.432 e. The Labute approximate surface area is 96.3 Å². The van der Waals surface area contributed by atoms with E-state index in [2.05, 4.69) is 0 Å². The lowest BCUT2D eigenvalue weighted by Gasteiger charge is -2.35. The average Bonchev–Trinajstić information content (AvgIpc) is 2.08. The van der Waals surface area contributed by atoms with Gasteiger partial charge in [0, 0.05) is 6.07 Å². The van der Waals surface area contributed by atoms with Crippen molar-refractivity contribution in [1.29, 1.82) is 0 Å². The molecule has 0 unspecified atom stereocenters. The molecule has 0 saturated carbocycles. The van der Waals surface area contributed by atoms with E-state index in [1.165, 1.54) is 12.1 Å². The highest BCUT2D eigenvalue weighted by molar-refractivity contribution is 6.72. The number of rotatable bonds is 3. The minimum absolute atomic E-state index is 0.342. The first-order valence-corrected chi connectivity index (χ1v) is 8.24. The molecule has 90 valence electrons. The first-order chi connectivity index (χ1) is 7.13. The third-order valence-electron chi connectivity index (χ3n) is 3.30. The summed E-state index contributed by atoms with van der Waals surface area (Å²) in [5.41, 5.74) is 0.459. The molecule has 0 aliphatic rings. The SMILES string of the molecule is CC(C)(Cc1ccc(F)cc1F)[Si](C)(C)O. The van der Waals surface area contributed by atoms with Crippen molar-refractivity contribution in [2.45, 2.75) is 38.4 Å². The van der Waals surface area contributed by atoms with Crippen LogP contribution < -0.4 is 0 Å². The van der Waals surface area contributed by atoms with E-state index in [-0.39, 0.29) is 5.04 Å². The molecule has 0 aromatic heterocycles. The van der Waals surface area contributed by atoms with E-state index in [9.17, 15) is 13.6 Å². The van der Waals surface area contributed by atoms with Crippen molar-refractivity contribution >= 4 is 8.32 Å². The summed E-state index contributed by atoms with van der Waals surface area (Å²) in [6.45, 7) is 7.49. The van der Waals surface area contributed by atoms with Gasteiger partial charge in [-0.2, -0.15) is 0 Å². The smallest absolute Gasteiger partial charge is 0.188 e. The fourth-order valence-electron chi connectivity index (χ4n) is 1.36. The second kappa shape index (κ2) is 4.26. The van der Waals surface area contributed by atoms with Gasteiger partial charge in [-0.25, -0.2) is 8.78 Å². The van der Waals surface area contributed by atoms with Crippen LogP contribution in [0, 0.1) is 11.6 Å². The lowest BCUT2D eigenvalue weighted by Crippen LogP contribution is -2.40. The molecule has 1 aromatic carbocycles. The third-order valence-corrected chi connectivity index (χ3v) is 6.79. The van der Waals surface area contributed by atoms with Crippen LogP contribution >= 0.6 is 0 Å². The van der Waals surface area contributed by atoms with Crippen LogP contribution in [0.25, 0.3) is 0 Å². The highest BCUT2D eigenvalue weighted by atomic mass is 28.4. The van der Waals surface area contributed by atoms with E-state index in [1.807, 2.05) is 26.9 Å². The molecular weight excluding hydrogens is 226 g/mol. The Kier molecular flexibility index (Phi) is 3.55. The summed E-state index contributed by atoms with van der Waals surface area (Å²) in [5, 5.41) is -0.342. The molecule has 0 spiro atoms. The third kappa shape index (κ3) is 2.89. The van der Waals surface area contributed by atoms with Crippen LogP contribution in [0.2, 0.25) is 18.1 Å². The second-order valence-electron chi connectivity index (χ2n) is 5.36. The van der Waals surface area contributed by atoms with E-state index < -0.39 is 20.0 Å². The van der Waals surface area contributed by atoms with Gasteiger partial charge < -0.3 is 4.80 Å². The first kappa shape index (κ1) is 13.3. The van der Waals surface area contributed by atoms with E-state index in [4.69, 9.17) is 0 Å². The molecule has 1 aromatic rings.